The van der Waals surface area contributed by atoms with E-state index in [4.69, 9.17) is 0 Å². The molecule has 0 saturated carbocycles. The number of nitro benzene ring substituents is 1. The zero-order valence-electron chi connectivity index (χ0n) is 14.1. The first kappa shape index (κ1) is 17.1. The van der Waals surface area contributed by atoms with Gasteiger partial charge >= 0.3 is 0 Å². The van der Waals surface area contributed by atoms with Crippen LogP contribution in [0, 0.1) is 10.1 Å². The summed E-state index contributed by atoms with van der Waals surface area (Å²) in [4.78, 5) is 25.0. The zero-order valence-corrected chi connectivity index (χ0v) is 14.9. The molecule has 0 bridgehead atoms. The molecule has 4 rings (SSSR count). The number of allylic oxidation sites excluding steroid dienone is 1. The molecule has 0 saturated heterocycles. The van der Waals surface area contributed by atoms with Crippen LogP contribution < -0.4 is 5.32 Å². The fourth-order valence-electron chi connectivity index (χ4n) is 2.77. The summed E-state index contributed by atoms with van der Waals surface area (Å²) in [7, 11) is 0. The van der Waals surface area contributed by atoms with E-state index in [0.717, 1.165) is 26.7 Å². The summed E-state index contributed by atoms with van der Waals surface area (Å²) in [5.74, 6) is -0.123. The van der Waals surface area contributed by atoms with E-state index < -0.39 is 4.92 Å². The van der Waals surface area contributed by atoms with Gasteiger partial charge in [-0.1, -0.05) is 30.0 Å². The second-order valence-corrected chi connectivity index (χ2v) is 7.06. The summed E-state index contributed by atoms with van der Waals surface area (Å²) in [6.07, 6.45) is 3.13. The molecule has 1 N–H and O–H groups in total. The Morgan fingerprint density at radius 1 is 0.963 bits per heavy atom. The van der Waals surface area contributed by atoms with Crippen LogP contribution in [0.1, 0.15) is 15.9 Å². The normalized spacial score (nSPS) is 12.1. The van der Waals surface area contributed by atoms with Gasteiger partial charge in [0.05, 0.1) is 16.3 Å². The standard InChI is InChI=1S/C21H14N2O3S/c24-19(11-7-14-5-9-16(10-6-14)23(25)26)15-8-12-21-18(13-15)22-17-3-1-2-4-20(17)27-21/h1-13,22H/b11-7+. The molecule has 0 radical (unpaired) electrons. The minimum Gasteiger partial charge on any atom is -0.354 e. The summed E-state index contributed by atoms with van der Waals surface area (Å²) >= 11 is 1.67. The Kier molecular flexibility index (Phi) is 4.48. The molecule has 27 heavy (non-hydrogen) atoms. The highest BCUT2D eigenvalue weighted by atomic mass is 32.2. The van der Waals surface area contributed by atoms with E-state index in [1.165, 1.54) is 18.2 Å². The minimum atomic E-state index is -0.449. The van der Waals surface area contributed by atoms with Crippen molar-refractivity contribution in [1.29, 1.82) is 0 Å². The summed E-state index contributed by atoms with van der Waals surface area (Å²) in [6.45, 7) is 0. The second kappa shape index (κ2) is 7.09. The number of nitrogens with zero attached hydrogens (tertiary/aromatic N) is 1. The van der Waals surface area contributed by atoms with Gasteiger partial charge in [-0.25, -0.2) is 0 Å². The Labute approximate surface area is 159 Å². The minimum absolute atomic E-state index is 0.0250. The number of nitrogens with one attached hydrogen (secondary N) is 1. The van der Waals surface area contributed by atoms with Crippen LogP contribution in [-0.2, 0) is 0 Å². The third-order valence-electron chi connectivity index (χ3n) is 4.17. The van der Waals surface area contributed by atoms with Gasteiger partial charge < -0.3 is 5.32 Å². The molecule has 132 valence electrons. The Hall–Kier alpha value is -3.38. The summed E-state index contributed by atoms with van der Waals surface area (Å²) < 4.78 is 0. The lowest BCUT2D eigenvalue weighted by atomic mass is 10.1. The lowest BCUT2D eigenvalue weighted by molar-refractivity contribution is -0.384. The quantitative estimate of drug-likeness (QED) is 0.215. The molecule has 1 aliphatic rings. The number of nitro groups is 1. The zero-order chi connectivity index (χ0) is 18.8. The number of anilines is 2. The number of benzene rings is 3. The molecule has 0 aromatic heterocycles. The van der Waals surface area contributed by atoms with Crippen molar-refractivity contribution in [3.8, 4) is 0 Å². The monoisotopic (exact) mass is 374 g/mol. The fraction of sp³-hybridized carbons (Fsp3) is 0. The molecule has 1 heterocycles. The van der Waals surface area contributed by atoms with E-state index in [1.807, 2.05) is 36.4 Å². The first-order valence-corrected chi connectivity index (χ1v) is 9.07. The second-order valence-electron chi connectivity index (χ2n) is 5.98. The lowest BCUT2D eigenvalue weighted by Crippen LogP contribution is -2.02. The Morgan fingerprint density at radius 3 is 2.48 bits per heavy atom. The number of hydrogen-bond acceptors (Lipinski definition) is 5. The molecule has 0 atom stereocenters. The van der Waals surface area contributed by atoms with Crippen molar-refractivity contribution in [2.24, 2.45) is 0 Å². The SMILES string of the molecule is O=C(/C=C/c1ccc([N+](=O)[O-])cc1)c1ccc2c(c1)Nc1ccccc1S2. The van der Waals surface area contributed by atoms with Crippen LogP contribution in [0.25, 0.3) is 6.08 Å². The average molecular weight is 374 g/mol. The van der Waals surface area contributed by atoms with Gasteiger partial charge in [-0.15, -0.1) is 0 Å². The average Bonchev–Trinajstić information content (AvgIpc) is 2.70. The topological polar surface area (TPSA) is 72.2 Å². The van der Waals surface area contributed by atoms with Crippen molar-refractivity contribution in [2.75, 3.05) is 5.32 Å². The molecular formula is C21H14N2O3S. The number of para-hydroxylation sites is 1. The lowest BCUT2D eigenvalue weighted by Gasteiger charge is -2.20. The van der Waals surface area contributed by atoms with Gasteiger partial charge in [0.2, 0.25) is 0 Å². The number of fused-ring (bicyclic) bond motifs is 2. The van der Waals surface area contributed by atoms with Crippen molar-refractivity contribution < 1.29 is 9.72 Å². The van der Waals surface area contributed by atoms with Gasteiger partial charge in [0.25, 0.3) is 5.69 Å². The van der Waals surface area contributed by atoms with Crippen molar-refractivity contribution in [1.82, 2.24) is 0 Å². The van der Waals surface area contributed by atoms with Crippen molar-refractivity contribution in [2.45, 2.75) is 9.79 Å². The van der Waals surface area contributed by atoms with Crippen molar-refractivity contribution >= 4 is 40.7 Å². The first-order valence-electron chi connectivity index (χ1n) is 8.25. The first-order chi connectivity index (χ1) is 13.1. The van der Waals surface area contributed by atoms with Crippen LogP contribution in [-0.4, -0.2) is 10.7 Å². The third kappa shape index (κ3) is 3.61. The van der Waals surface area contributed by atoms with Gasteiger partial charge in [-0.05, 0) is 54.1 Å². The van der Waals surface area contributed by atoms with Gasteiger partial charge in [0.1, 0.15) is 0 Å². The van der Waals surface area contributed by atoms with E-state index in [-0.39, 0.29) is 11.5 Å². The fourth-order valence-corrected chi connectivity index (χ4v) is 3.74. The summed E-state index contributed by atoms with van der Waals surface area (Å²) in [6, 6.07) is 19.7. The van der Waals surface area contributed by atoms with Gasteiger partial charge in [-0.2, -0.15) is 0 Å². The number of carbonyl (C=O) groups excluding carboxylic acids is 1. The maximum Gasteiger partial charge on any atom is 0.269 e. The highest BCUT2D eigenvalue weighted by Gasteiger charge is 2.16. The molecular weight excluding hydrogens is 360 g/mol. The predicted molar refractivity (Wildman–Crippen MR) is 107 cm³/mol. The molecule has 1 aliphatic heterocycles. The number of non-ortho nitro benzene ring substituents is 1. The maximum atomic E-state index is 12.5. The Bertz CT molecular complexity index is 1080. The predicted octanol–water partition coefficient (Wildman–Crippen LogP) is 5.70. The van der Waals surface area contributed by atoms with Crippen LogP contribution in [0.5, 0.6) is 0 Å². The van der Waals surface area contributed by atoms with Gasteiger partial charge in [0, 0.05) is 27.5 Å². The number of carbonyl (C=O) groups is 1. The van der Waals surface area contributed by atoms with E-state index in [2.05, 4.69) is 11.4 Å². The number of hydrogen-bond donors (Lipinski definition) is 1. The molecule has 3 aromatic carbocycles. The maximum absolute atomic E-state index is 12.5. The van der Waals surface area contributed by atoms with Gasteiger partial charge in [0.15, 0.2) is 5.78 Å². The van der Waals surface area contributed by atoms with E-state index in [1.54, 1.807) is 30.0 Å². The van der Waals surface area contributed by atoms with E-state index in [0.29, 0.717) is 5.56 Å². The molecule has 0 fully saturated rings. The van der Waals surface area contributed by atoms with Crippen LogP contribution in [0.15, 0.2) is 82.6 Å². The van der Waals surface area contributed by atoms with E-state index in [9.17, 15) is 14.9 Å². The Morgan fingerprint density at radius 2 is 1.70 bits per heavy atom. The molecule has 3 aromatic rings. The smallest absolute Gasteiger partial charge is 0.269 e. The van der Waals surface area contributed by atoms with Crippen molar-refractivity contribution in [3.63, 3.8) is 0 Å². The highest BCUT2D eigenvalue weighted by molar-refractivity contribution is 7.99. The molecule has 5 nitrogen and oxygen atoms in total. The summed E-state index contributed by atoms with van der Waals surface area (Å²) in [5, 5.41) is 14.0. The van der Waals surface area contributed by atoms with Crippen LogP contribution in [0.3, 0.4) is 0 Å². The van der Waals surface area contributed by atoms with Crippen LogP contribution in [0.4, 0.5) is 17.1 Å². The van der Waals surface area contributed by atoms with Crippen LogP contribution >= 0.6 is 11.8 Å². The highest BCUT2D eigenvalue weighted by Crippen LogP contribution is 2.44. The largest absolute Gasteiger partial charge is 0.354 e. The third-order valence-corrected chi connectivity index (χ3v) is 5.32. The van der Waals surface area contributed by atoms with Crippen molar-refractivity contribution in [3.05, 3.63) is 94.0 Å². The Balaban J connectivity index is 1.52. The van der Waals surface area contributed by atoms with Crippen LogP contribution in [0.2, 0.25) is 0 Å². The summed E-state index contributed by atoms with van der Waals surface area (Å²) in [5.41, 5.74) is 3.28. The number of rotatable bonds is 4. The molecule has 0 aliphatic carbocycles. The van der Waals surface area contributed by atoms with Gasteiger partial charge in [-0.3, -0.25) is 14.9 Å². The number of ketones is 1. The molecule has 0 amide bonds. The molecule has 6 heteroatoms. The molecule has 0 spiro atoms. The van der Waals surface area contributed by atoms with E-state index >= 15 is 0 Å². The molecule has 0 unspecified atom stereocenters.